The van der Waals surface area contributed by atoms with Gasteiger partial charge in [-0.1, -0.05) is 18.2 Å². The molecule has 0 bridgehead atoms. The number of ether oxygens (including phenoxy) is 3. The summed E-state index contributed by atoms with van der Waals surface area (Å²) in [6.07, 6.45) is 1.07. The number of hydrogen-bond acceptors (Lipinski definition) is 5. The minimum Gasteiger partial charge on any atom is -0.496 e. The van der Waals surface area contributed by atoms with Gasteiger partial charge in [0.2, 0.25) is 12.7 Å². The van der Waals surface area contributed by atoms with Gasteiger partial charge in [-0.3, -0.25) is 9.59 Å². The van der Waals surface area contributed by atoms with Crippen LogP contribution >= 0.6 is 0 Å². The van der Waals surface area contributed by atoms with E-state index in [1.807, 2.05) is 29.2 Å². The molecular formula is C22H24N2O5. The minimum atomic E-state index is -0.0515. The van der Waals surface area contributed by atoms with E-state index in [9.17, 15) is 9.59 Å². The van der Waals surface area contributed by atoms with Crippen molar-refractivity contribution in [3.63, 3.8) is 0 Å². The normalized spacial score (nSPS) is 15.3. The van der Waals surface area contributed by atoms with Crippen molar-refractivity contribution in [3.8, 4) is 17.2 Å². The van der Waals surface area contributed by atoms with Crippen LogP contribution in [0.25, 0.3) is 0 Å². The Morgan fingerprint density at radius 3 is 2.48 bits per heavy atom. The van der Waals surface area contributed by atoms with E-state index in [1.54, 1.807) is 30.2 Å². The third-order valence-corrected chi connectivity index (χ3v) is 5.34. The summed E-state index contributed by atoms with van der Waals surface area (Å²) >= 11 is 0. The first-order chi connectivity index (χ1) is 14.2. The van der Waals surface area contributed by atoms with Crippen LogP contribution < -0.4 is 14.2 Å². The van der Waals surface area contributed by atoms with Crippen molar-refractivity contribution < 1.29 is 23.8 Å². The maximum absolute atomic E-state index is 12.8. The molecule has 4 rings (SSSR count). The number of aryl methyl sites for hydroxylation is 1. The highest BCUT2D eigenvalue weighted by Crippen LogP contribution is 2.32. The van der Waals surface area contributed by atoms with E-state index >= 15 is 0 Å². The lowest BCUT2D eigenvalue weighted by molar-refractivity contribution is -0.132. The minimum absolute atomic E-state index is 0.0515. The molecule has 0 radical (unpaired) electrons. The molecule has 1 fully saturated rings. The second-order valence-corrected chi connectivity index (χ2v) is 7.05. The number of para-hydroxylation sites is 1. The van der Waals surface area contributed by atoms with E-state index < -0.39 is 0 Å². The van der Waals surface area contributed by atoms with Crippen LogP contribution in [0, 0.1) is 0 Å². The van der Waals surface area contributed by atoms with Crippen LogP contribution in [-0.4, -0.2) is 61.7 Å². The number of carbonyl (C=O) groups excluding carboxylic acids is 2. The molecule has 0 atom stereocenters. The molecule has 2 aromatic rings. The number of methoxy groups -OCH3 is 1. The van der Waals surface area contributed by atoms with E-state index in [4.69, 9.17) is 14.2 Å². The molecule has 2 aliphatic heterocycles. The van der Waals surface area contributed by atoms with Gasteiger partial charge in [-0.05, 0) is 36.2 Å². The number of rotatable bonds is 5. The summed E-state index contributed by atoms with van der Waals surface area (Å²) in [5.74, 6) is 2.11. The Morgan fingerprint density at radius 2 is 1.69 bits per heavy atom. The first-order valence-corrected chi connectivity index (χ1v) is 9.74. The van der Waals surface area contributed by atoms with Gasteiger partial charge in [0.1, 0.15) is 5.75 Å². The zero-order valence-electron chi connectivity index (χ0n) is 16.4. The van der Waals surface area contributed by atoms with Crippen LogP contribution in [0.4, 0.5) is 0 Å². The first kappa shape index (κ1) is 19.1. The zero-order valence-corrected chi connectivity index (χ0v) is 16.4. The summed E-state index contributed by atoms with van der Waals surface area (Å²) in [4.78, 5) is 29.0. The number of piperazine rings is 1. The number of amides is 2. The van der Waals surface area contributed by atoms with Gasteiger partial charge in [-0.2, -0.15) is 0 Å². The molecule has 1 saturated heterocycles. The van der Waals surface area contributed by atoms with Crippen LogP contribution in [0.3, 0.4) is 0 Å². The van der Waals surface area contributed by atoms with Gasteiger partial charge in [0.05, 0.1) is 7.11 Å². The fraction of sp³-hybridized carbons (Fsp3) is 0.364. The molecule has 152 valence electrons. The highest BCUT2D eigenvalue weighted by Gasteiger charge is 2.26. The van der Waals surface area contributed by atoms with Crippen molar-refractivity contribution in [3.05, 3.63) is 53.6 Å². The highest BCUT2D eigenvalue weighted by atomic mass is 16.7. The molecule has 29 heavy (non-hydrogen) atoms. The summed E-state index contributed by atoms with van der Waals surface area (Å²) in [5.41, 5.74) is 1.60. The average molecular weight is 396 g/mol. The lowest BCUT2D eigenvalue weighted by Gasteiger charge is -2.35. The number of benzene rings is 2. The smallest absolute Gasteiger partial charge is 0.254 e. The average Bonchev–Trinajstić information content (AvgIpc) is 3.25. The van der Waals surface area contributed by atoms with Crippen LogP contribution in [-0.2, 0) is 11.2 Å². The second-order valence-electron chi connectivity index (χ2n) is 7.05. The Bertz CT molecular complexity index is 906. The molecule has 0 aromatic heterocycles. The number of carbonyl (C=O) groups is 2. The maximum atomic E-state index is 12.8. The largest absolute Gasteiger partial charge is 0.496 e. The molecule has 0 unspecified atom stereocenters. The fourth-order valence-electron chi connectivity index (χ4n) is 3.68. The monoisotopic (exact) mass is 396 g/mol. The Hall–Kier alpha value is -3.22. The lowest BCUT2D eigenvalue weighted by atomic mass is 10.1. The standard InChI is InChI=1S/C22H24N2O5/c1-27-18-5-3-2-4-16(18)7-9-21(25)23-10-12-24(13-11-23)22(26)17-6-8-19-20(14-17)29-15-28-19/h2-6,8,14H,7,9-13,15H2,1H3. The third-order valence-electron chi connectivity index (χ3n) is 5.34. The SMILES string of the molecule is COc1ccccc1CCC(=O)N1CCN(C(=O)c2ccc3c(c2)OCO3)CC1. The van der Waals surface area contributed by atoms with E-state index in [-0.39, 0.29) is 18.6 Å². The van der Waals surface area contributed by atoms with Crippen LogP contribution in [0.5, 0.6) is 17.2 Å². The molecular weight excluding hydrogens is 372 g/mol. The summed E-state index contributed by atoms with van der Waals surface area (Å²) in [5, 5.41) is 0. The van der Waals surface area contributed by atoms with Crippen LogP contribution in [0.15, 0.2) is 42.5 Å². The molecule has 7 nitrogen and oxygen atoms in total. The predicted molar refractivity (Wildman–Crippen MR) is 106 cm³/mol. The number of nitrogens with zero attached hydrogens (tertiary/aromatic N) is 2. The topological polar surface area (TPSA) is 68.3 Å². The van der Waals surface area contributed by atoms with Gasteiger partial charge >= 0.3 is 0 Å². The van der Waals surface area contributed by atoms with E-state index in [0.717, 1.165) is 11.3 Å². The van der Waals surface area contributed by atoms with Crippen molar-refractivity contribution in [1.29, 1.82) is 0 Å². The van der Waals surface area contributed by atoms with Gasteiger partial charge in [0.25, 0.3) is 5.91 Å². The summed E-state index contributed by atoms with van der Waals surface area (Å²) < 4.78 is 16.0. The van der Waals surface area contributed by atoms with E-state index in [1.165, 1.54) is 0 Å². The van der Waals surface area contributed by atoms with E-state index in [2.05, 4.69) is 0 Å². The number of fused-ring (bicyclic) bond motifs is 1. The van der Waals surface area contributed by atoms with Gasteiger partial charge in [-0.25, -0.2) is 0 Å². The fourth-order valence-corrected chi connectivity index (χ4v) is 3.68. The number of hydrogen-bond donors (Lipinski definition) is 0. The van der Waals surface area contributed by atoms with Crippen LogP contribution in [0.1, 0.15) is 22.3 Å². The Kier molecular flexibility index (Phi) is 5.55. The summed E-state index contributed by atoms with van der Waals surface area (Å²) in [7, 11) is 1.64. The Labute approximate surface area is 169 Å². The van der Waals surface area contributed by atoms with Gasteiger partial charge in [0, 0.05) is 38.2 Å². The van der Waals surface area contributed by atoms with Crippen molar-refractivity contribution in [2.45, 2.75) is 12.8 Å². The quantitative estimate of drug-likeness (QED) is 0.776. The van der Waals surface area contributed by atoms with Gasteiger partial charge < -0.3 is 24.0 Å². The molecule has 2 aromatic carbocycles. The molecule has 7 heteroatoms. The van der Waals surface area contributed by atoms with Crippen molar-refractivity contribution in [2.24, 2.45) is 0 Å². The van der Waals surface area contributed by atoms with Gasteiger partial charge in [0.15, 0.2) is 11.5 Å². The molecule has 2 aliphatic rings. The predicted octanol–water partition coefficient (Wildman–Crippen LogP) is 2.34. The second kappa shape index (κ2) is 8.43. The molecule has 0 saturated carbocycles. The molecule has 0 spiro atoms. The van der Waals surface area contributed by atoms with Crippen molar-refractivity contribution in [2.75, 3.05) is 40.1 Å². The third kappa shape index (κ3) is 4.13. The molecule has 2 amide bonds. The molecule has 2 heterocycles. The van der Waals surface area contributed by atoms with E-state index in [0.29, 0.717) is 56.1 Å². The maximum Gasteiger partial charge on any atom is 0.254 e. The molecule has 0 aliphatic carbocycles. The summed E-state index contributed by atoms with van der Waals surface area (Å²) in [6.45, 7) is 2.31. The highest BCUT2D eigenvalue weighted by molar-refractivity contribution is 5.95. The molecule has 0 N–H and O–H groups in total. The van der Waals surface area contributed by atoms with Crippen molar-refractivity contribution in [1.82, 2.24) is 9.80 Å². The Balaban J connectivity index is 1.29. The van der Waals surface area contributed by atoms with Crippen LogP contribution in [0.2, 0.25) is 0 Å². The van der Waals surface area contributed by atoms with Gasteiger partial charge in [-0.15, -0.1) is 0 Å². The zero-order chi connectivity index (χ0) is 20.2. The summed E-state index contributed by atoms with van der Waals surface area (Å²) in [6, 6.07) is 13.0. The first-order valence-electron chi connectivity index (χ1n) is 9.74. The van der Waals surface area contributed by atoms with Crippen molar-refractivity contribution >= 4 is 11.8 Å². The lowest BCUT2D eigenvalue weighted by Crippen LogP contribution is -2.50. The Morgan fingerprint density at radius 1 is 0.966 bits per heavy atom.